The van der Waals surface area contributed by atoms with E-state index < -0.39 is 5.97 Å². The minimum absolute atomic E-state index is 0.0455. The molecule has 0 spiro atoms. The van der Waals surface area contributed by atoms with Crippen LogP contribution >= 0.6 is 0 Å². The van der Waals surface area contributed by atoms with Crippen LogP contribution in [0.1, 0.15) is 29.2 Å². The van der Waals surface area contributed by atoms with Crippen LogP contribution < -0.4 is 5.73 Å². The summed E-state index contributed by atoms with van der Waals surface area (Å²) >= 11 is 0. The summed E-state index contributed by atoms with van der Waals surface area (Å²) in [5.41, 5.74) is 5.37. The summed E-state index contributed by atoms with van der Waals surface area (Å²) in [6, 6.07) is 3.22. The van der Waals surface area contributed by atoms with Crippen LogP contribution in [0, 0.1) is 0 Å². The number of nitrogens with two attached hydrogens (primary N) is 1. The quantitative estimate of drug-likeness (QED) is 0.762. The van der Waals surface area contributed by atoms with Crippen LogP contribution in [0.25, 0.3) is 0 Å². The van der Waals surface area contributed by atoms with Gasteiger partial charge in [-0.3, -0.25) is 9.59 Å². The largest absolute Gasteiger partial charge is 0.481 e. The zero-order valence-corrected chi connectivity index (χ0v) is 9.68. The molecule has 0 unspecified atom stereocenters. The number of carbonyl (C=O) groups excluding carboxylic acids is 1. The molecule has 6 nitrogen and oxygen atoms in total. The minimum atomic E-state index is -0.866. The Bertz CT molecular complexity index is 400. The molecule has 0 radical (unpaired) electrons. The number of carboxylic acid groups (broad SMARTS) is 1. The van der Waals surface area contributed by atoms with Gasteiger partial charge >= 0.3 is 5.97 Å². The van der Waals surface area contributed by atoms with E-state index in [-0.39, 0.29) is 24.6 Å². The summed E-state index contributed by atoms with van der Waals surface area (Å²) in [5.74, 6) is -0.361. The van der Waals surface area contributed by atoms with E-state index in [0.29, 0.717) is 18.7 Å². The molecule has 6 heteroatoms. The van der Waals surface area contributed by atoms with Crippen molar-refractivity contribution in [2.75, 3.05) is 13.6 Å². The second-order valence-electron chi connectivity index (χ2n) is 3.69. The van der Waals surface area contributed by atoms with Gasteiger partial charge in [-0.15, -0.1) is 0 Å². The van der Waals surface area contributed by atoms with Gasteiger partial charge in [0.2, 0.25) is 0 Å². The summed E-state index contributed by atoms with van der Waals surface area (Å²) in [6.07, 6.45) is 0.464. The molecular weight excluding hydrogens is 224 g/mol. The fraction of sp³-hybridized carbons (Fsp3) is 0.455. The molecule has 1 aromatic rings. The van der Waals surface area contributed by atoms with Crippen molar-refractivity contribution in [3.05, 3.63) is 23.7 Å². The van der Waals surface area contributed by atoms with Crippen LogP contribution in [0.15, 0.2) is 16.5 Å². The van der Waals surface area contributed by atoms with Gasteiger partial charge in [-0.2, -0.15) is 0 Å². The first-order chi connectivity index (χ1) is 8.04. The molecule has 94 valence electrons. The van der Waals surface area contributed by atoms with Crippen LogP contribution in [0.5, 0.6) is 0 Å². The molecule has 0 aliphatic heterocycles. The van der Waals surface area contributed by atoms with Crippen LogP contribution in [0.3, 0.4) is 0 Å². The van der Waals surface area contributed by atoms with Crippen molar-refractivity contribution in [1.82, 2.24) is 4.90 Å². The lowest BCUT2D eigenvalue weighted by Crippen LogP contribution is -2.27. The average molecular weight is 240 g/mol. The van der Waals surface area contributed by atoms with Gasteiger partial charge in [-0.1, -0.05) is 0 Å². The molecule has 0 aliphatic carbocycles. The fourth-order valence-corrected chi connectivity index (χ4v) is 1.36. The summed E-state index contributed by atoms with van der Waals surface area (Å²) in [4.78, 5) is 23.6. The number of amides is 1. The molecule has 0 atom stereocenters. The van der Waals surface area contributed by atoms with Crippen molar-refractivity contribution in [2.24, 2.45) is 5.73 Å². The van der Waals surface area contributed by atoms with Gasteiger partial charge in [0.25, 0.3) is 5.91 Å². The highest BCUT2D eigenvalue weighted by Gasteiger charge is 2.15. The highest BCUT2D eigenvalue weighted by Crippen LogP contribution is 2.10. The molecule has 1 rings (SSSR count). The van der Waals surface area contributed by atoms with Crippen LogP contribution in [-0.2, 0) is 11.3 Å². The molecule has 0 saturated heterocycles. The summed E-state index contributed by atoms with van der Waals surface area (Å²) < 4.78 is 5.21. The maximum atomic E-state index is 11.8. The first kappa shape index (κ1) is 13.2. The van der Waals surface area contributed by atoms with E-state index in [2.05, 4.69) is 0 Å². The lowest BCUT2D eigenvalue weighted by molar-refractivity contribution is -0.137. The Morgan fingerprint density at radius 1 is 1.47 bits per heavy atom. The number of nitrogens with zero attached hydrogens (tertiary/aromatic N) is 1. The van der Waals surface area contributed by atoms with E-state index in [1.807, 2.05) is 0 Å². The van der Waals surface area contributed by atoms with Gasteiger partial charge in [0.05, 0.1) is 6.54 Å². The van der Waals surface area contributed by atoms with Crippen molar-refractivity contribution >= 4 is 11.9 Å². The van der Waals surface area contributed by atoms with Crippen molar-refractivity contribution in [1.29, 1.82) is 0 Å². The first-order valence-corrected chi connectivity index (χ1v) is 5.30. The lowest BCUT2D eigenvalue weighted by Gasteiger charge is -2.14. The van der Waals surface area contributed by atoms with E-state index in [1.54, 1.807) is 19.2 Å². The van der Waals surface area contributed by atoms with E-state index in [4.69, 9.17) is 15.3 Å². The van der Waals surface area contributed by atoms with Gasteiger partial charge in [0.1, 0.15) is 5.76 Å². The Morgan fingerprint density at radius 3 is 2.71 bits per heavy atom. The van der Waals surface area contributed by atoms with Gasteiger partial charge < -0.3 is 20.2 Å². The second kappa shape index (κ2) is 6.05. The molecule has 0 bridgehead atoms. The monoisotopic (exact) mass is 240 g/mol. The Labute approximate surface area is 99.0 Å². The van der Waals surface area contributed by atoms with Crippen LogP contribution in [-0.4, -0.2) is 35.5 Å². The summed E-state index contributed by atoms with van der Waals surface area (Å²) in [5, 5.41) is 8.48. The molecule has 0 aliphatic rings. The lowest BCUT2D eigenvalue weighted by atomic mass is 10.3. The van der Waals surface area contributed by atoms with Crippen LogP contribution in [0.4, 0.5) is 0 Å². The Kier molecular flexibility index (Phi) is 4.71. The highest BCUT2D eigenvalue weighted by molar-refractivity contribution is 5.91. The topological polar surface area (TPSA) is 96.8 Å². The molecule has 0 fully saturated rings. The van der Waals surface area contributed by atoms with Crippen molar-refractivity contribution < 1.29 is 19.1 Å². The number of carbonyl (C=O) groups is 2. The Balaban J connectivity index is 2.48. The van der Waals surface area contributed by atoms with Crippen molar-refractivity contribution in [3.63, 3.8) is 0 Å². The standard InChI is InChI=1S/C11H16N2O4/c1-13(6-2-3-10(14)15)11(16)9-5-4-8(7-12)17-9/h4-5H,2-3,6-7,12H2,1H3,(H,14,15). The third-order valence-corrected chi connectivity index (χ3v) is 2.30. The molecule has 1 amide bonds. The normalized spacial score (nSPS) is 10.2. The van der Waals surface area contributed by atoms with Gasteiger partial charge in [0.15, 0.2) is 5.76 Å². The van der Waals surface area contributed by atoms with Crippen LogP contribution in [0.2, 0.25) is 0 Å². The minimum Gasteiger partial charge on any atom is -0.481 e. The molecule has 1 heterocycles. The first-order valence-electron chi connectivity index (χ1n) is 5.30. The molecule has 17 heavy (non-hydrogen) atoms. The number of furan rings is 1. The zero-order chi connectivity index (χ0) is 12.8. The molecular formula is C11H16N2O4. The SMILES string of the molecule is CN(CCCC(=O)O)C(=O)c1ccc(CN)o1. The summed E-state index contributed by atoms with van der Waals surface area (Å²) in [6.45, 7) is 0.625. The number of aliphatic carboxylic acids is 1. The molecule has 0 saturated carbocycles. The van der Waals surface area contributed by atoms with Crippen molar-refractivity contribution in [3.8, 4) is 0 Å². The van der Waals surface area contributed by atoms with Gasteiger partial charge in [-0.25, -0.2) is 0 Å². The predicted molar refractivity (Wildman–Crippen MR) is 60.4 cm³/mol. The zero-order valence-electron chi connectivity index (χ0n) is 9.68. The number of hydrogen-bond donors (Lipinski definition) is 2. The number of rotatable bonds is 6. The number of carboxylic acids is 1. The molecule has 1 aromatic heterocycles. The maximum absolute atomic E-state index is 11.8. The van der Waals surface area contributed by atoms with E-state index in [1.165, 1.54) is 4.90 Å². The van der Waals surface area contributed by atoms with E-state index in [9.17, 15) is 9.59 Å². The fourth-order valence-electron chi connectivity index (χ4n) is 1.36. The molecule has 3 N–H and O–H groups in total. The highest BCUT2D eigenvalue weighted by atomic mass is 16.4. The van der Waals surface area contributed by atoms with Gasteiger partial charge in [0, 0.05) is 20.0 Å². The predicted octanol–water partition coefficient (Wildman–Crippen LogP) is 0.675. The molecule has 0 aromatic carbocycles. The van der Waals surface area contributed by atoms with E-state index >= 15 is 0 Å². The average Bonchev–Trinajstić information content (AvgIpc) is 2.75. The summed E-state index contributed by atoms with van der Waals surface area (Å²) in [7, 11) is 1.61. The van der Waals surface area contributed by atoms with E-state index in [0.717, 1.165) is 0 Å². The Morgan fingerprint density at radius 2 is 2.18 bits per heavy atom. The Hall–Kier alpha value is -1.82. The smallest absolute Gasteiger partial charge is 0.303 e. The maximum Gasteiger partial charge on any atom is 0.303 e. The third kappa shape index (κ3) is 3.92. The van der Waals surface area contributed by atoms with Gasteiger partial charge in [-0.05, 0) is 18.6 Å². The van der Waals surface area contributed by atoms with Crippen molar-refractivity contribution in [2.45, 2.75) is 19.4 Å². The second-order valence-corrected chi connectivity index (χ2v) is 3.69. The number of hydrogen-bond acceptors (Lipinski definition) is 4. The third-order valence-electron chi connectivity index (χ3n) is 2.30.